The van der Waals surface area contributed by atoms with E-state index in [-0.39, 0.29) is 17.1 Å². The van der Waals surface area contributed by atoms with Crippen LogP contribution in [0.5, 0.6) is 0 Å². The van der Waals surface area contributed by atoms with Gasteiger partial charge < -0.3 is 4.74 Å². The molecule has 0 aromatic heterocycles. The zero-order valence-electron chi connectivity index (χ0n) is 9.77. The Bertz CT molecular complexity index is 599. The largest absolute Gasteiger partial charge is 0.457 e. The summed E-state index contributed by atoms with van der Waals surface area (Å²) in [7, 11) is 0. The van der Waals surface area contributed by atoms with Crippen molar-refractivity contribution in [2.75, 3.05) is 0 Å². The van der Waals surface area contributed by atoms with Gasteiger partial charge in [0.15, 0.2) is 0 Å². The van der Waals surface area contributed by atoms with Gasteiger partial charge in [0.1, 0.15) is 12.4 Å². The standard InChI is InChI=1S/C14H10BrFO2S/c15-11-4-1-9(2-5-11)8-18-14(17)10-3-6-12(16)13(19)7-10/h1-7,19H,8H2. The van der Waals surface area contributed by atoms with E-state index in [4.69, 9.17) is 4.74 Å². The predicted octanol–water partition coefficient (Wildman–Crippen LogP) is 4.23. The van der Waals surface area contributed by atoms with Crippen molar-refractivity contribution in [3.63, 3.8) is 0 Å². The summed E-state index contributed by atoms with van der Waals surface area (Å²) in [5.74, 6) is -0.967. The number of rotatable bonds is 3. The molecule has 0 N–H and O–H groups in total. The van der Waals surface area contributed by atoms with Crippen molar-refractivity contribution in [1.29, 1.82) is 0 Å². The molecule has 0 atom stereocenters. The number of hydrogen-bond acceptors (Lipinski definition) is 3. The summed E-state index contributed by atoms with van der Waals surface area (Å²) in [4.78, 5) is 11.9. The van der Waals surface area contributed by atoms with E-state index in [9.17, 15) is 9.18 Å². The van der Waals surface area contributed by atoms with Crippen LogP contribution in [0, 0.1) is 5.82 Å². The zero-order chi connectivity index (χ0) is 13.8. The average Bonchev–Trinajstić information content (AvgIpc) is 2.41. The molecule has 5 heteroatoms. The Kier molecular flexibility index (Phi) is 4.61. The molecule has 2 aromatic rings. The molecule has 0 saturated carbocycles. The Morgan fingerprint density at radius 3 is 2.53 bits per heavy atom. The van der Waals surface area contributed by atoms with Gasteiger partial charge in [0.25, 0.3) is 0 Å². The Morgan fingerprint density at radius 1 is 1.21 bits per heavy atom. The lowest BCUT2D eigenvalue weighted by atomic mass is 10.2. The maximum atomic E-state index is 13.0. The number of esters is 1. The van der Waals surface area contributed by atoms with Gasteiger partial charge in [0.05, 0.1) is 5.56 Å². The Balaban J connectivity index is 2.01. The number of carbonyl (C=O) groups is 1. The fourth-order valence-corrected chi connectivity index (χ4v) is 1.93. The molecule has 19 heavy (non-hydrogen) atoms. The summed E-state index contributed by atoms with van der Waals surface area (Å²) in [6.45, 7) is 0.172. The Morgan fingerprint density at radius 2 is 1.89 bits per heavy atom. The second kappa shape index (κ2) is 6.21. The minimum atomic E-state index is -0.502. The molecule has 0 heterocycles. The van der Waals surface area contributed by atoms with Crippen molar-refractivity contribution in [2.24, 2.45) is 0 Å². The number of benzene rings is 2. The fraction of sp³-hybridized carbons (Fsp3) is 0.0714. The molecule has 2 rings (SSSR count). The van der Waals surface area contributed by atoms with Crippen molar-refractivity contribution in [3.05, 3.63) is 63.9 Å². The topological polar surface area (TPSA) is 26.3 Å². The molecule has 0 aliphatic carbocycles. The van der Waals surface area contributed by atoms with E-state index in [2.05, 4.69) is 28.6 Å². The summed E-state index contributed by atoms with van der Waals surface area (Å²) < 4.78 is 19.1. The molecule has 0 aliphatic rings. The number of halogens is 2. The molecule has 0 amide bonds. The summed E-state index contributed by atoms with van der Waals surface area (Å²) in [6, 6.07) is 11.4. The van der Waals surface area contributed by atoms with Crippen LogP contribution in [-0.2, 0) is 11.3 Å². The lowest BCUT2D eigenvalue weighted by Gasteiger charge is -2.06. The lowest BCUT2D eigenvalue weighted by Crippen LogP contribution is -2.05. The maximum absolute atomic E-state index is 13.0. The Hall–Kier alpha value is -1.33. The van der Waals surface area contributed by atoms with E-state index < -0.39 is 11.8 Å². The summed E-state index contributed by atoms with van der Waals surface area (Å²) in [5.41, 5.74) is 1.16. The van der Waals surface area contributed by atoms with Crippen LogP contribution in [0.25, 0.3) is 0 Å². The van der Waals surface area contributed by atoms with Gasteiger partial charge in [-0.1, -0.05) is 28.1 Å². The number of ether oxygens (including phenoxy) is 1. The van der Waals surface area contributed by atoms with Gasteiger partial charge in [-0.15, -0.1) is 12.6 Å². The molecule has 2 aromatic carbocycles. The maximum Gasteiger partial charge on any atom is 0.338 e. The molecule has 0 fully saturated rings. The highest BCUT2D eigenvalue weighted by molar-refractivity contribution is 9.10. The smallest absolute Gasteiger partial charge is 0.338 e. The quantitative estimate of drug-likeness (QED) is 0.668. The highest BCUT2D eigenvalue weighted by Crippen LogP contribution is 2.16. The second-order valence-corrected chi connectivity index (χ2v) is 5.27. The SMILES string of the molecule is O=C(OCc1ccc(Br)cc1)c1ccc(F)c(S)c1. The van der Waals surface area contributed by atoms with Gasteiger partial charge in [0.2, 0.25) is 0 Å². The molecule has 0 bridgehead atoms. The van der Waals surface area contributed by atoms with Gasteiger partial charge in [0, 0.05) is 9.37 Å². The number of hydrogen-bond donors (Lipinski definition) is 1. The van der Waals surface area contributed by atoms with Crippen molar-refractivity contribution < 1.29 is 13.9 Å². The first-order chi connectivity index (χ1) is 9.06. The normalized spacial score (nSPS) is 10.3. The van der Waals surface area contributed by atoms with Crippen LogP contribution >= 0.6 is 28.6 Å². The monoisotopic (exact) mass is 340 g/mol. The Labute approximate surface area is 124 Å². The first-order valence-corrected chi connectivity index (χ1v) is 6.70. The van der Waals surface area contributed by atoms with Crippen LogP contribution in [0.4, 0.5) is 4.39 Å². The van der Waals surface area contributed by atoms with Crippen LogP contribution in [0.3, 0.4) is 0 Å². The molecule has 0 aliphatic heterocycles. The van der Waals surface area contributed by atoms with E-state index in [1.807, 2.05) is 24.3 Å². The van der Waals surface area contributed by atoms with Gasteiger partial charge in [-0.2, -0.15) is 0 Å². The van der Waals surface area contributed by atoms with Crippen LogP contribution in [0.15, 0.2) is 51.8 Å². The van der Waals surface area contributed by atoms with Crippen LogP contribution in [-0.4, -0.2) is 5.97 Å². The highest BCUT2D eigenvalue weighted by atomic mass is 79.9. The first kappa shape index (κ1) is 14.1. The van der Waals surface area contributed by atoms with Crippen molar-refractivity contribution in [2.45, 2.75) is 11.5 Å². The summed E-state index contributed by atoms with van der Waals surface area (Å²) in [6.07, 6.45) is 0. The number of carbonyl (C=O) groups excluding carboxylic acids is 1. The second-order valence-electron chi connectivity index (χ2n) is 3.87. The van der Waals surface area contributed by atoms with Crippen LogP contribution in [0.1, 0.15) is 15.9 Å². The minimum absolute atomic E-state index is 0.123. The highest BCUT2D eigenvalue weighted by Gasteiger charge is 2.09. The minimum Gasteiger partial charge on any atom is -0.457 e. The lowest BCUT2D eigenvalue weighted by molar-refractivity contribution is 0.0472. The van der Waals surface area contributed by atoms with E-state index in [1.54, 1.807) is 0 Å². The van der Waals surface area contributed by atoms with E-state index in [1.165, 1.54) is 18.2 Å². The molecule has 0 radical (unpaired) electrons. The van der Waals surface area contributed by atoms with Crippen LogP contribution < -0.4 is 0 Å². The summed E-state index contributed by atoms with van der Waals surface area (Å²) >= 11 is 7.25. The first-order valence-electron chi connectivity index (χ1n) is 5.46. The predicted molar refractivity (Wildman–Crippen MR) is 76.9 cm³/mol. The molecule has 98 valence electrons. The third kappa shape index (κ3) is 3.81. The van der Waals surface area contributed by atoms with Crippen LogP contribution in [0.2, 0.25) is 0 Å². The van der Waals surface area contributed by atoms with Gasteiger partial charge in [-0.3, -0.25) is 0 Å². The van der Waals surface area contributed by atoms with Gasteiger partial charge in [-0.05, 0) is 35.9 Å². The average molecular weight is 341 g/mol. The van der Waals surface area contributed by atoms with E-state index >= 15 is 0 Å². The van der Waals surface area contributed by atoms with E-state index in [0.717, 1.165) is 10.0 Å². The third-order valence-corrected chi connectivity index (χ3v) is 3.34. The molecular formula is C14H10BrFO2S. The fourth-order valence-electron chi connectivity index (χ4n) is 1.45. The molecule has 0 unspecified atom stereocenters. The van der Waals surface area contributed by atoms with Crippen molar-refractivity contribution in [1.82, 2.24) is 0 Å². The summed E-state index contributed by atoms with van der Waals surface area (Å²) in [5, 5.41) is 0. The van der Waals surface area contributed by atoms with Gasteiger partial charge in [-0.25, -0.2) is 9.18 Å². The van der Waals surface area contributed by atoms with Gasteiger partial charge >= 0.3 is 5.97 Å². The molecular weight excluding hydrogens is 331 g/mol. The third-order valence-electron chi connectivity index (χ3n) is 2.47. The molecule has 2 nitrogen and oxygen atoms in total. The van der Waals surface area contributed by atoms with Crippen molar-refractivity contribution in [3.8, 4) is 0 Å². The number of thiol groups is 1. The molecule has 0 saturated heterocycles. The molecule has 0 spiro atoms. The van der Waals surface area contributed by atoms with E-state index in [0.29, 0.717) is 0 Å². The zero-order valence-corrected chi connectivity index (χ0v) is 12.2. The van der Waals surface area contributed by atoms with Crippen molar-refractivity contribution >= 4 is 34.5 Å².